The lowest BCUT2D eigenvalue weighted by molar-refractivity contribution is -0.114. The molecular weight excluding hydrogens is 341 g/mol. The number of aromatic nitrogens is 4. The lowest BCUT2D eigenvalue weighted by atomic mass is 9.94. The first-order chi connectivity index (χ1) is 11.7. The molecule has 2 aromatic heterocycles. The van der Waals surface area contributed by atoms with E-state index in [1.165, 1.54) is 6.33 Å². The van der Waals surface area contributed by atoms with Crippen molar-refractivity contribution in [3.05, 3.63) is 12.7 Å². The number of fused-ring (bicyclic) bond motifs is 1. The van der Waals surface area contributed by atoms with Gasteiger partial charge in [0.25, 0.3) is 0 Å². The summed E-state index contributed by atoms with van der Waals surface area (Å²) in [7, 11) is -2.50. The molecule has 2 aromatic rings. The van der Waals surface area contributed by atoms with Gasteiger partial charge in [0, 0.05) is 11.8 Å². The molecule has 1 aliphatic rings. The predicted molar refractivity (Wildman–Crippen MR) is 95.0 cm³/mol. The highest BCUT2D eigenvalue weighted by molar-refractivity contribution is 7.39. The normalized spacial score (nSPS) is 17.5. The van der Waals surface area contributed by atoms with E-state index >= 15 is 0 Å². The Morgan fingerprint density at radius 1 is 1.32 bits per heavy atom. The third-order valence-electron chi connectivity index (χ3n) is 5.03. The first-order valence-corrected chi connectivity index (χ1v) is 9.71. The zero-order valence-electron chi connectivity index (χ0n) is 15.0. The van der Waals surface area contributed by atoms with Crippen molar-refractivity contribution in [3.8, 4) is 0 Å². The Bertz CT molecular complexity index is 792. The summed E-state index contributed by atoms with van der Waals surface area (Å²) in [5, 5.41) is -1.07. The summed E-state index contributed by atoms with van der Waals surface area (Å²) in [6, 6.07) is 0. The van der Waals surface area contributed by atoms with Crippen LogP contribution in [0, 0.1) is 11.8 Å². The Hall–Kier alpha value is -1.63. The number of anilines is 1. The van der Waals surface area contributed by atoms with E-state index in [0.717, 1.165) is 12.8 Å². The molecule has 1 atom stereocenters. The summed E-state index contributed by atoms with van der Waals surface area (Å²) in [5.41, 5.74) is 6.57. The molecule has 1 aliphatic carbocycles. The zero-order chi connectivity index (χ0) is 18.4. The van der Waals surface area contributed by atoms with Gasteiger partial charge >= 0.3 is 13.4 Å². The minimum Gasteiger partial charge on any atom is -0.382 e. The van der Waals surface area contributed by atoms with Gasteiger partial charge in [-0.1, -0.05) is 27.7 Å². The summed E-state index contributed by atoms with van der Waals surface area (Å²) in [6.07, 6.45) is 4.74. The zero-order valence-corrected chi connectivity index (χ0v) is 15.9. The smallest absolute Gasteiger partial charge is 0.382 e. The van der Waals surface area contributed by atoms with Crippen LogP contribution in [0.1, 0.15) is 40.5 Å². The molecule has 0 aromatic carbocycles. The molecule has 0 aliphatic heterocycles. The number of nitrogens with two attached hydrogens (primary N) is 1. The van der Waals surface area contributed by atoms with Gasteiger partial charge in [0.15, 0.2) is 11.5 Å². The second-order valence-corrected chi connectivity index (χ2v) is 8.67. The first kappa shape index (κ1) is 18.2. The number of nitrogens with zero attached hydrogens (tertiary/aromatic N) is 4. The fourth-order valence-corrected chi connectivity index (χ4v) is 4.64. The Kier molecular flexibility index (Phi) is 4.56. The van der Waals surface area contributed by atoms with E-state index in [-0.39, 0.29) is 11.8 Å². The van der Waals surface area contributed by atoms with Gasteiger partial charge in [0.05, 0.1) is 18.5 Å². The lowest BCUT2D eigenvalue weighted by Gasteiger charge is -2.33. The van der Waals surface area contributed by atoms with Crippen LogP contribution in [0.15, 0.2) is 12.7 Å². The van der Waals surface area contributed by atoms with E-state index in [9.17, 15) is 9.46 Å². The molecule has 9 heteroatoms. The van der Waals surface area contributed by atoms with Crippen molar-refractivity contribution in [1.29, 1.82) is 0 Å². The van der Waals surface area contributed by atoms with Crippen molar-refractivity contribution in [2.45, 2.75) is 58.0 Å². The van der Waals surface area contributed by atoms with Gasteiger partial charge < -0.3 is 15.0 Å². The molecule has 3 N–H and O–H groups in total. The molecule has 0 amide bonds. The Balaban J connectivity index is 1.91. The van der Waals surface area contributed by atoms with Gasteiger partial charge in [-0.25, -0.2) is 15.0 Å². The van der Waals surface area contributed by atoms with Crippen LogP contribution >= 0.6 is 8.03 Å². The first-order valence-electron chi connectivity index (χ1n) is 8.49. The molecule has 0 saturated heterocycles. The van der Waals surface area contributed by atoms with Crippen molar-refractivity contribution in [2.75, 3.05) is 5.73 Å². The molecule has 1 fully saturated rings. The summed E-state index contributed by atoms with van der Waals surface area (Å²) in [4.78, 5) is 22.6. The van der Waals surface area contributed by atoms with Crippen molar-refractivity contribution in [3.63, 3.8) is 0 Å². The Morgan fingerprint density at radius 3 is 2.48 bits per heavy atom. The van der Waals surface area contributed by atoms with E-state index in [1.54, 1.807) is 6.33 Å². The van der Waals surface area contributed by atoms with E-state index in [0.29, 0.717) is 23.5 Å². The van der Waals surface area contributed by atoms with Gasteiger partial charge in [-0.2, -0.15) is 4.89 Å². The van der Waals surface area contributed by atoms with Crippen LogP contribution in [-0.2, 0) is 15.8 Å². The topological polar surface area (TPSA) is 116 Å². The number of rotatable bonds is 7. The molecule has 2 heterocycles. The van der Waals surface area contributed by atoms with Crippen molar-refractivity contribution in [1.82, 2.24) is 19.5 Å². The second kappa shape index (κ2) is 6.27. The third kappa shape index (κ3) is 3.03. The van der Waals surface area contributed by atoms with Crippen molar-refractivity contribution in [2.24, 2.45) is 11.8 Å². The van der Waals surface area contributed by atoms with Gasteiger partial charge in [0.2, 0.25) is 0 Å². The molecule has 136 valence electrons. The second-order valence-electron chi connectivity index (χ2n) is 7.42. The standard InChI is InChI=1S/C16H24N5O3P/c1-10(2)16(11(3)4,25(22)23)24-15(5-6-15)7-21-9-20-12-13(17)18-8-19-14(12)21/h8-11H,5-7H2,1-4H3,(H2-,17,18,19,22,23)/p+1. The molecule has 25 heavy (non-hydrogen) atoms. The molecule has 1 saturated carbocycles. The van der Waals surface area contributed by atoms with Crippen LogP contribution in [0.25, 0.3) is 11.2 Å². The average Bonchev–Trinajstić information content (AvgIpc) is 3.16. The largest absolute Gasteiger partial charge is 0.541 e. The number of hydrogen-bond donors (Lipinski definition) is 2. The number of nitrogen functional groups attached to an aromatic ring is 1. The molecule has 8 nitrogen and oxygen atoms in total. The number of hydrogen-bond acceptors (Lipinski definition) is 6. The van der Waals surface area contributed by atoms with E-state index in [4.69, 9.17) is 10.5 Å². The van der Waals surface area contributed by atoms with Crippen LogP contribution in [0.2, 0.25) is 0 Å². The lowest BCUT2D eigenvalue weighted by Crippen LogP contribution is -2.45. The highest BCUT2D eigenvalue weighted by Gasteiger charge is 2.63. The summed E-state index contributed by atoms with van der Waals surface area (Å²) in [5.74, 6) is 0.166. The quantitative estimate of drug-likeness (QED) is 0.724. The monoisotopic (exact) mass is 366 g/mol. The third-order valence-corrected chi connectivity index (χ3v) is 6.75. The fourth-order valence-electron chi connectivity index (χ4n) is 3.49. The predicted octanol–water partition coefficient (Wildman–Crippen LogP) is 2.70. The maximum Gasteiger partial charge on any atom is 0.541 e. The van der Waals surface area contributed by atoms with E-state index < -0.39 is 19.0 Å². The van der Waals surface area contributed by atoms with Gasteiger partial charge in [-0.15, -0.1) is 0 Å². The van der Waals surface area contributed by atoms with Crippen LogP contribution in [-0.4, -0.2) is 35.4 Å². The number of imidazole rings is 1. The highest BCUT2D eigenvalue weighted by Crippen LogP contribution is 2.55. The van der Waals surface area contributed by atoms with Crippen LogP contribution < -0.4 is 5.73 Å². The van der Waals surface area contributed by atoms with Crippen molar-refractivity contribution >= 4 is 25.0 Å². The fraction of sp³-hybridized carbons (Fsp3) is 0.688. The number of ether oxygens (including phenoxy) is 1. The van der Waals surface area contributed by atoms with Crippen LogP contribution in [0.5, 0.6) is 0 Å². The van der Waals surface area contributed by atoms with Gasteiger partial charge in [0.1, 0.15) is 11.8 Å². The summed E-state index contributed by atoms with van der Waals surface area (Å²) >= 11 is 0. The highest BCUT2D eigenvalue weighted by atomic mass is 31.1. The Labute approximate surface area is 147 Å². The van der Waals surface area contributed by atoms with Gasteiger partial charge in [-0.05, 0) is 17.4 Å². The van der Waals surface area contributed by atoms with Crippen molar-refractivity contribution < 1.29 is 14.2 Å². The SMILES string of the molecule is CC(C)C(OC1(Cn2cnc3c(N)ncnc32)CC1)(C(C)C)[P+](=O)O. The van der Waals surface area contributed by atoms with E-state index in [1.807, 2.05) is 32.3 Å². The molecule has 0 radical (unpaired) electrons. The van der Waals surface area contributed by atoms with Crippen LogP contribution in [0.3, 0.4) is 0 Å². The maximum absolute atomic E-state index is 12.2. The van der Waals surface area contributed by atoms with Gasteiger partial charge in [-0.3, -0.25) is 0 Å². The van der Waals surface area contributed by atoms with E-state index in [2.05, 4.69) is 15.0 Å². The maximum atomic E-state index is 12.2. The molecule has 3 rings (SSSR count). The summed E-state index contributed by atoms with van der Waals surface area (Å²) < 4.78 is 20.5. The molecule has 0 spiro atoms. The Morgan fingerprint density at radius 2 is 1.96 bits per heavy atom. The minimum absolute atomic E-state index is 0.0870. The average molecular weight is 366 g/mol. The molecule has 1 unspecified atom stereocenters. The van der Waals surface area contributed by atoms with Crippen LogP contribution in [0.4, 0.5) is 5.82 Å². The minimum atomic E-state index is -2.50. The molecule has 0 bridgehead atoms. The summed E-state index contributed by atoms with van der Waals surface area (Å²) in [6.45, 7) is 8.24. The molecular formula is C16H25N5O3P+.